The number of nitrogens with two attached hydrogens (primary N) is 1. The van der Waals surface area contributed by atoms with Crippen molar-refractivity contribution in [3.05, 3.63) is 65.7 Å². The fourth-order valence-corrected chi connectivity index (χ4v) is 2.01. The van der Waals surface area contributed by atoms with E-state index in [1.807, 2.05) is 6.07 Å². The van der Waals surface area contributed by atoms with Crippen LogP contribution in [0.25, 0.3) is 0 Å². The van der Waals surface area contributed by atoms with E-state index < -0.39 is 17.5 Å². The number of para-hydroxylation sites is 1. The lowest BCUT2D eigenvalue weighted by Gasteiger charge is -2.23. The minimum atomic E-state index is -0.741. The summed E-state index contributed by atoms with van der Waals surface area (Å²) in [6.07, 6.45) is 0.567. The van der Waals surface area contributed by atoms with Crippen LogP contribution in [0.4, 0.5) is 14.5 Å². The molecule has 0 atom stereocenters. The van der Waals surface area contributed by atoms with Gasteiger partial charge in [-0.1, -0.05) is 18.2 Å². The number of carbonyl (C=O) groups is 1. The first-order valence-corrected chi connectivity index (χ1v) is 6.65. The van der Waals surface area contributed by atoms with Crippen LogP contribution in [0.2, 0.25) is 0 Å². The molecule has 2 aromatic carbocycles. The summed E-state index contributed by atoms with van der Waals surface area (Å²) in [6, 6.07) is 11.7. The van der Waals surface area contributed by atoms with E-state index in [4.69, 9.17) is 5.73 Å². The molecule has 0 bridgehead atoms. The maximum absolute atomic E-state index is 13.8. The highest BCUT2D eigenvalue weighted by Gasteiger charge is 2.21. The molecule has 0 aliphatic heterocycles. The van der Waals surface area contributed by atoms with E-state index in [1.165, 1.54) is 4.90 Å². The van der Waals surface area contributed by atoms with Crippen molar-refractivity contribution in [3.8, 4) is 0 Å². The molecule has 5 heteroatoms. The monoisotopic (exact) mass is 290 g/mol. The Kier molecular flexibility index (Phi) is 5.00. The number of nitrogens with zero attached hydrogens (tertiary/aromatic N) is 1. The van der Waals surface area contributed by atoms with Crippen molar-refractivity contribution in [3.63, 3.8) is 0 Å². The maximum Gasteiger partial charge on any atom is 0.261 e. The number of rotatable bonds is 5. The molecule has 3 nitrogen and oxygen atoms in total. The average molecular weight is 290 g/mol. The Morgan fingerprint density at radius 1 is 1.10 bits per heavy atom. The molecule has 21 heavy (non-hydrogen) atoms. The van der Waals surface area contributed by atoms with Gasteiger partial charge in [-0.3, -0.25) is 4.79 Å². The number of benzene rings is 2. The van der Waals surface area contributed by atoms with E-state index in [0.717, 1.165) is 18.2 Å². The van der Waals surface area contributed by atoms with Gasteiger partial charge in [0, 0.05) is 12.2 Å². The van der Waals surface area contributed by atoms with Crippen LogP contribution in [0.1, 0.15) is 16.8 Å². The first-order chi connectivity index (χ1) is 10.1. The van der Waals surface area contributed by atoms with Crippen LogP contribution >= 0.6 is 0 Å². The summed E-state index contributed by atoms with van der Waals surface area (Å²) >= 11 is 0. The number of hydrogen-bond donors (Lipinski definition) is 1. The quantitative estimate of drug-likeness (QED) is 0.920. The van der Waals surface area contributed by atoms with Crippen molar-refractivity contribution in [2.24, 2.45) is 5.73 Å². The fraction of sp³-hybridized carbons (Fsp3) is 0.188. The first kappa shape index (κ1) is 15.1. The van der Waals surface area contributed by atoms with Gasteiger partial charge in [-0.2, -0.15) is 0 Å². The highest BCUT2D eigenvalue weighted by atomic mass is 19.1. The van der Waals surface area contributed by atoms with Gasteiger partial charge in [0.15, 0.2) is 0 Å². The molecule has 0 unspecified atom stereocenters. The lowest BCUT2D eigenvalue weighted by molar-refractivity contribution is 0.0982. The van der Waals surface area contributed by atoms with E-state index in [0.29, 0.717) is 25.2 Å². The van der Waals surface area contributed by atoms with Gasteiger partial charge in [0.25, 0.3) is 5.91 Å². The summed E-state index contributed by atoms with van der Waals surface area (Å²) in [7, 11) is 0. The topological polar surface area (TPSA) is 46.3 Å². The number of amides is 1. The van der Waals surface area contributed by atoms with Gasteiger partial charge in [-0.15, -0.1) is 0 Å². The van der Waals surface area contributed by atoms with Crippen LogP contribution in [0.3, 0.4) is 0 Å². The van der Waals surface area contributed by atoms with Gasteiger partial charge in [0.2, 0.25) is 0 Å². The van der Waals surface area contributed by atoms with Gasteiger partial charge in [-0.25, -0.2) is 8.78 Å². The van der Waals surface area contributed by atoms with E-state index >= 15 is 0 Å². The molecule has 0 radical (unpaired) electrons. The Morgan fingerprint density at radius 2 is 1.81 bits per heavy atom. The smallest absolute Gasteiger partial charge is 0.261 e. The minimum Gasteiger partial charge on any atom is -0.330 e. The summed E-state index contributed by atoms with van der Waals surface area (Å²) in [5.41, 5.74) is 5.82. The highest BCUT2D eigenvalue weighted by molar-refractivity contribution is 6.06. The van der Waals surface area contributed by atoms with Crippen LogP contribution in [-0.2, 0) is 0 Å². The van der Waals surface area contributed by atoms with Crippen molar-refractivity contribution in [2.75, 3.05) is 18.0 Å². The summed E-state index contributed by atoms with van der Waals surface area (Å²) < 4.78 is 27.0. The summed E-state index contributed by atoms with van der Waals surface area (Å²) in [5, 5.41) is 0. The van der Waals surface area contributed by atoms with Crippen LogP contribution in [0.15, 0.2) is 48.5 Å². The van der Waals surface area contributed by atoms with E-state index in [1.54, 1.807) is 24.3 Å². The predicted molar refractivity (Wildman–Crippen MR) is 78.1 cm³/mol. The van der Waals surface area contributed by atoms with Crippen molar-refractivity contribution in [2.45, 2.75) is 6.42 Å². The van der Waals surface area contributed by atoms with Gasteiger partial charge < -0.3 is 10.6 Å². The SMILES string of the molecule is NCCCN(C(=O)c1cc(F)ccc1F)c1ccccc1. The van der Waals surface area contributed by atoms with E-state index in [9.17, 15) is 13.6 Å². The fourth-order valence-electron chi connectivity index (χ4n) is 2.01. The molecule has 1 amide bonds. The molecular formula is C16H16F2N2O. The number of anilines is 1. The summed E-state index contributed by atoms with van der Waals surface area (Å²) in [6.45, 7) is 0.748. The third-order valence-electron chi connectivity index (χ3n) is 3.06. The molecule has 0 aliphatic carbocycles. The second kappa shape index (κ2) is 6.95. The molecule has 2 aromatic rings. The van der Waals surface area contributed by atoms with E-state index in [-0.39, 0.29) is 5.56 Å². The van der Waals surface area contributed by atoms with Crippen LogP contribution in [-0.4, -0.2) is 19.0 Å². The Bertz CT molecular complexity index is 617. The second-order valence-corrected chi connectivity index (χ2v) is 4.56. The lowest BCUT2D eigenvalue weighted by Crippen LogP contribution is -2.33. The average Bonchev–Trinajstić information content (AvgIpc) is 2.51. The Balaban J connectivity index is 2.36. The van der Waals surface area contributed by atoms with Crippen molar-refractivity contribution < 1.29 is 13.6 Å². The molecule has 0 fully saturated rings. The van der Waals surface area contributed by atoms with E-state index in [2.05, 4.69) is 0 Å². The molecule has 0 aliphatic rings. The standard InChI is InChI=1S/C16H16F2N2O/c17-12-7-8-15(18)14(11-12)16(21)20(10-4-9-19)13-5-2-1-3-6-13/h1-3,5-8,11H,4,9-10,19H2. The number of carbonyl (C=O) groups excluding carboxylic acids is 1. The molecular weight excluding hydrogens is 274 g/mol. The van der Waals surface area contributed by atoms with Crippen LogP contribution < -0.4 is 10.6 Å². The van der Waals surface area contributed by atoms with Crippen LogP contribution in [0.5, 0.6) is 0 Å². The first-order valence-electron chi connectivity index (χ1n) is 6.65. The van der Waals surface area contributed by atoms with Crippen molar-refractivity contribution in [1.82, 2.24) is 0 Å². The molecule has 0 saturated heterocycles. The predicted octanol–water partition coefficient (Wildman–Crippen LogP) is 2.96. The van der Waals surface area contributed by atoms with Gasteiger partial charge in [0.05, 0.1) is 5.56 Å². The lowest BCUT2D eigenvalue weighted by atomic mass is 10.1. The summed E-state index contributed by atoms with van der Waals surface area (Å²) in [5.74, 6) is -1.96. The zero-order valence-electron chi connectivity index (χ0n) is 11.4. The largest absolute Gasteiger partial charge is 0.330 e. The molecule has 110 valence electrons. The Morgan fingerprint density at radius 3 is 2.48 bits per heavy atom. The maximum atomic E-state index is 13.8. The number of hydrogen-bond acceptors (Lipinski definition) is 2. The molecule has 2 rings (SSSR count). The second-order valence-electron chi connectivity index (χ2n) is 4.56. The van der Waals surface area contributed by atoms with Crippen LogP contribution in [0, 0.1) is 11.6 Å². The van der Waals surface area contributed by atoms with Gasteiger partial charge >= 0.3 is 0 Å². The summed E-state index contributed by atoms with van der Waals surface area (Å²) in [4.78, 5) is 13.9. The number of halogens is 2. The normalized spacial score (nSPS) is 10.4. The third-order valence-corrected chi connectivity index (χ3v) is 3.06. The van der Waals surface area contributed by atoms with Crippen molar-refractivity contribution >= 4 is 11.6 Å². The third kappa shape index (κ3) is 3.64. The zero-order chi connectivity index (χ0) is 15.2. The zero-order valence-corrected chi connectivity index (χ0v) is 11.4. The van der Waals surface area contributed by atoms with Crippen molar-refractivity contribution in [1.29, 1.82) is 0 Å². The molecule has 0 aromatic heterocycles. The Hall–Kier alpha value is -2.27. The van der Waals surface area contributed by atoms with Gasteiger partial charge in [0.1, 0.15) is 11.6 Å². The molecule has 0 heterocycles. The molecule has 0 spiro atoms. The molecule has 2 N–H and O–H groups in total. The highest BCUT2D eigenvalue weighted by Crippen LogP contribution is 2.19. The van der Waals surface area contributed by atoms with Gasteiger partial charge in [-0.05, 0) is 43.3 Å². The Labute approximate surface area is 122 Å². The molecule has 0 saturated carbocycles. The minimum absolute atomic E-state index is 0.282.